The summed E-state index contributed by atoms with van der Waals surface area (Å²) in [5.41, 5.74) is -0.945. The number of allylic oxidation sites excluding steroid dienone is 2. The van der Waals surface area contributed by atoms with Gasteiger partial charge in [-0.2, -0.15) is 0 Å². The van der Waals surface area contributed by atoms with E-state index in [2.05, 4.69) is 40.7 Å². The van der Waals surface area contributed by atoms with E-state index in [4.69, 9.17) is 37.9 Å². The van der Waals surface area contributed by atoms with E-state index < -0.39 is 159 Å². The number of ether oxygens (including phenoxy) is 8. The molecule has 22 nitrogen and oxygen atoms in total. The van der Waals surface area contributed by atoms with Crippen molar-refractivity contribution in [2.24, 2.45) is 50.2 Å². The minimum Gasteiger partial charge on any atom is -0.481 e. The van der Waals surface area contributed by atoms with Gasteiger partial charge in [0, 0.05) is 5.41 Å². The number of carboxylic acid groups (broad SMARTS) is 1. The maximum absolute atomic E-state index is 13.2. The Morgan fingerprint density at radius 2 is 1.12 bits per heavy atom. The maximum Gasteiger partial charge on any atom is 0.310 e. The summed E-state index contributed by atoms with van der Waals surface area (Å²) in [6.07, 6.45) is -24.5. The maximum atomic E-state index is 13.2. The largest absolute Gasteiger partial charge is 0.481 e. The second-order valence-electron chi connectivity index (χ2n) is 26.1. The number of aliphatic carboxylic acids is 1. The Labute approximate surface area is 444 Å². The number of aliphatic hydroxyl groups excluding tert-OH is 12. The van der Waals surface area contributed by atoms with Crippen molar-refractivity contribution in [2.75, 3.05) is 19.8 Å². The van der Waals surface area contributed by atoms with Crippen LogP contribution in [0, 0.1) is 50.2 Å². The molecule has 4 saturated carbocycles. The number of aliphatic hydroxyl groups is 12. The highest BCUT2D eigenvalue weighted by molar-refractivity contribution is 5.76. The third kappa shape index (κ3) is 9.38. The lowest BCUT2D eigenvalue weighted by atomic mass is 9.33. The predicted molar refractivity (Wildman–Crippen MR) is 262 cm³/mol. The summed E-state index contributed by atoms with van der Waals surface area (Å²) in [4.78, 5) is 13.2. The van der Waals surface area contributed by atoms with Crippen LogP contribution in [-0.2, 0) is 42.7 Å². The van der Waals surface area contributed by atoms with Crippen molar-refractivity contribution >= 4 is 5.97 Å². The minimum atomic E-state index is -1.99. The fourth-order valence-electron chi connectivity index (χ4n) is 16.5. The van der Waals surface area contributed by atoms with E-state index >= 15 is 0 Å². The van der Waals surface area contributed by atoms with Gasteiger partial charge in [0.25, 0.3) is 0 Å². The van der Waals surface area contributed by atoms with Crippen LogP contribution in [0.5, 0.6) is 0 Å². The lowest BCUT2D eigenvalue weighted by Crippen LogP contribution is -2.68. The van der Waals surface area contributed by atoms with Crippen LogP contribution in [0.15, 0.2) is 11.6 Å². The highest BCUT2D eigenvalue weighted by atomic mass is 16.8. The molecule has 9 rings (SSSR count). The molecule has 76 heavy (non-hydrogen) atoms. The van der Waals surface area contributed by atoms with Gasteiger partial charge in [-0.1, -0.05) is 53.2 Å². The van der Waals surface area contributed by atoms with E-state index in [9.17, 15) is 71.2 Å². The monoisotopic (exact) mass is 1090 g/mol. The highest BCUT2D eigenvalue weighted by Crippen LogP contribution is 2.76. The van der Waals surface area contributed by atoms with Gasteiger partial charge in [0.05, 0.1) is 43.5 Å². The lowest BCUT2D eigenvalue weighted by molar-refractivity contribution is -0.405. The normalized spacial score (nSPS) is 55.3. The Kier molecular flexibility index (Phi) is 16.6. The van der Waals surface area contributed by atoms with Gasteiger partial charge in [0.15, 0.2) is 25.2 Å². The third-order valence-corrected chi connectivity index (χ3v) is 21.6. The zero-order valence-corrected chi connectivity index (χ0v) is 45.1. The molecule has 0 aromatic heterocycles. The first-order valence-corrected chi connectivity index (χ1v) is 27.7. The van der Waals surface area contributed by atoms with Crippen molar-refractivity contribution in [2.45, 2.75) is 249 Å². The first-order chi connectivity index (χ1) is 35.6. The van der Waals surface area contributed by atoms with Gasteiger partial charge in [-0.05, 0) is 117 Å². The molecule has 5 aliphatic carbocycles. The number of rotatable bonds is 12. The molecule has 0 aromatic rings. The predicted octanol–water partition coefficient (Wildman–Crippen LogP) is -0.442. The number of hydrogen-bond acceptors (Lipinski definition) is 21. The molecule has 0 radical (unpaired) electrons. The molecule has 4 saturated heterocycles. The summed E-state index contributed by atoms with van der Waals surface area (Å²) in [6, 6.07) is 0. The fourth-order valence-corrected chi connectivity index (χ4v) is 16.5. The molecule has 0 spiro atoms. The fraction of sp³-hybridized carbons (Fsp3) is 0.944. The van der Waals surface area contributed by atoms with Crippen molar-refractivity contribution in [1.82, 2.24) is 0 Å². The van der Waals surface area contributed by atoms with Gasteiger partial charge in [-0.15, -0.1) is 0 Å². The molecule has 9 aliphatic rings. The Morgan fingerprint density at radius 3 is 1.76 bits per heavy atom. The van der Waals surface area contributed by atoms with E-state index in [-0.39, 0.29) is 46.0 Å². The number of fused-ring (bicyclic) bond motifs is 7. The van der Waals surface area contributed by atoms with Gasteiger partial charge in [-0.25, -0.2) is 0 Å². The zero-order chi connectivity index (χ0) is 55.6. The molecule has 0 unspecified atom stereocenters. The standard InChI is InChI=1S/C54H88O22/c1-23-32(58)35(61)38(64)44(69-23)75-42-33(59)24(2)70-47(43(42)76-46-39(65)36(62)34(60)27(20-55)71-46)74-41-28(21-56)72-45(40(66)37(41)63)73-31-12-13-50(5)29(51(31,6)22-57)11-14-53(8)30(50)10-9-25-26-19-49(3,4)15-17-54(26,48(67)68)18-16-52(25,53)7/h9,23-24,26-47,55-66H,10-22H2,1-8H3,(H,67,68)/t23-,24+,26+,27-,28-,29-,30-,31+,32+,33+,34-,35+,36+,37-,38-,39-,40-,41-,42-,43-,44+,45+,46+,47+,50+,51+,52-,53-,54+/m1/s1. The third-order valence-electron chi connectivity index (χ3n) is 21.6. The highest BCUT2D eigenvalue weighted by Gasteiger charge is 2.70. The molecule has 0 bridgehead atoms. The van der Waals surface area contributed by atoms with Gasteiger partial charge >= 0.3 is 5.97 Å². The molecule has 29 atom stereocenters. The van der Waals surface area contributed by atoms with Crippen LogP contribution in [0.3, 0.4) is 0 Å². The van der Waals surface area contributed by atoms with E-state index in [1.54, 1.807) is 0 Å². The molecule has 13 N–H and O–H groups in total. The van der Waals surface area contributed by atoms with Crippen LogP contribution in [0.25, 0.3) is 0 Å². The van der Waals surface area contributed by atoms with Gasteiger partial charge < -0.3 is 104 Å². The Morgan fingerprint density at radius 1 is 0.566 bits per heavy atom. The average Bonchev–Trinajstić information content (AvgIpc) is 3.44. The van der Waals surface area contributed by atoms with Crippen molar-refractivity contribution in [3.05, 3.63) is 11.6 Å². The van der Waals surface area contributed by atoms with Crippen molar-refractivity contribution in [3.8, 4) is 0 Å². The molecular formula is C54H88O22. The van der Waals surface area contributed by atoms with Gasteiger partial charge in [0.2, 0.25) is 0 Å². The molecule has 22 heteroatoms. The average molecular weight is 1090 g/mol. The van der Waals surface area contributed by atoms with Gasteiger partial charge in [0.1, 0.15) is 85.5 Å². The molecule has 0 aromatic carbocycles. The Balaban J connectivity index is 0.943. The zero-order valence-electron chi connectivity index (χ0n) is 45.1. The molecule has 4 heterocycles. The summed E-state index contributed by atoms with van der Waals surface area (Å²) in [6.45, 7) is 14.6. The van der Waals surface area contributed by atoms with E-state index in [0.29, 0.717) is 25.7 Å². The van der Waals surface area contributed by atoms with Crippen molar-refractivity contribution in [3.63, 3.8) is 0 Å². The Bertz CT molecular complexity index is 2100. The van der Waals surface area contributed by atoms with Crippen LogP contribution in [0.1, 0.15) is 120 Å². The molecule has 0 amide bonds. The van der Waals surface area contributed by atoms with E-state index in [0.717, 1.165) is 38.5 Å². The summed E-state index contributed by atoms with van der Waals surface area (Å²) in [7, 11) is 0. The van der Waals surface area contributed by atoms with Crippen LogP contribution in [0.4, 0.5) is 0 Å². The number of hydrogen-bond donors (Lipinski definition) is 13. The van der Waals surface area contributed by atoms with Gasteiger partial charge in [-0.3, -0.25) is 4.79 Å². The quantitative estimate of drug-likeness (QED) is 0.0870. The smallest absolute Gasteiger partial charge is 0.310 e. The van der Waals surface area contributed by atoms with Crippen LogP contribution < -0.4 is 0 Å². The lowest BCUT2D eigenvalue weighted by Gasteiger charge is -2.71. The second kappa shape index (κ2) is 21.3. The molecule has 436 valence electrons. The van der Waals surface area contributed by atoms with E-state index in [1.807, 2.05) is 6.92 Å². The summed E-state index contributed by atoms with van der Waals surface area (Å²) in [5, 5.41) is 143. The second-order valence-corrected chi connectivity index (χ2v) is 26.1. The van der Waals surface area contributed by atoms with Crippen LogP contribution in [-0.4, -0.2) is 221 Å². The Hall–Kier alpha value is -1.59. The SMILES string of the molecule is C[C@@H]1O[C@@H](O[C@H]2[C@H](O)[C@@H](O)[C@H](O[C@H]3CC[C@@]4(C)[C@@H](CC[C@]5(C)[C@@H]4CC=C4[C@@H]6CC(C)(C)CC[C@]6(C(=O)O)CC[C@]45C)[C@]3(C)CO)O[C@@H]2CO)[C@H](O[C@@H]2O[C@H](CO)[C@@H](O)[C@H](O)[C@H]2O)[C@H](O[C@@H]2O[C@H](C)[C@H](O)[C@H](O)[C@H]2O)[C@H]1O. The van der Waals surface area contributed by atoms with Crippen molar-refractivity contribution in [1.29, 1.82) is 0 Å². The van der Waals surface area contributed by atoms with E-state index in [1.165, 1.54) is 19.4 Å². The topological polar surface area (TPSA) is 354 Å². The molecule has 4 aliphatic heterocycles. The number of carbonyl (C=O) groups is 1. The first-order valence-electron chi connectivity index (χ1n) is 27.7. The van der Waals surface area contributed by atoms with Crippen molar-refractivity contribution < 1.29 is 109 Å². The summed E-state index contributed by atoms with van der Waals surface area (Å²) < 4.78 is 48.8. The molecular weight excluding hydrogens is 1000 g/mol. The summed E-state index contributed by atoms with van der Waals surface area (Å²) in [5.74, 6) is -0.572. The van der Waals surface area contributed by atoms with Crippen LogP contribution in [0.2, 0.25) is 0 Å². The van der Waals surface area contributed by atoms with Crippen LogP contribution >= 0.6 is 0 Å². The molecule has 8 fully saturated rings. The minimum absolute atomic E-state index is 0.0291. The first kappa shape index (κ1) is 59.0. The summed E-state index contributed by atoms with van der Waals surface area (Å²) >= 11 is 0. The number of carboxylic acids is 1.